The summed E-state index contributed by atoms with van der Waals surface area (Å²) in [4.78, 5) is 12.8. The molecule has 1 heterocycles. The Balaban J connectivity index is 1.74. The van der Waals surface area contributed by atoms with E-state index >= 15 is 0 Å². The summed E-state index contributed by atoms with van der Waals surface area (Å²) in [6.07, 6.45) is 9.24. The molecular weight excluding hydrogens is 332 g/mol. The first kappa shape index (κ1) is 16.0. The molecular formula is C17H17ClN2O2S. The van der Waals surface area contributed by atoms with Gasteiger partial charge < -0.3 is 4.74 Å². The molecule has 0 bridgehead atoms. The number of methoxy groups -OCH3 is 1. The van der Waals surface area contributed by atoms with Gasteiger partial charge in [-0.15, -0.1) is 11.3 Å². The van der Waals surface area contributed by atoms with Crippen molar-refractivity contribution in [2.75, 3.05) is 7.11 Å². The Morgan fingerprint density at radius 1 is 1.48 bits per heavy atom. The number of nitrogens with one attached hydrogen (secondary N) is 1. The zero-order valence-electron chi connectivity index (χ0n) is 12.7. The number of hydrogen-bond acceptors (Lipinski definition) is 4. The van der Waals surface area contributed by atoms with Crippen molar-refractivity contribution in [1.82, 2.24) is 5.43 Å². The summed E-state index contributed by atoms with van der Waals surface area (Å²) in [6.45, 7) is 0. The standard InChI is InChI=1S/C17H17ClN2O2S/c1-22-12-7-8-13-14(9-12)23-16(15(13)18)17(21)20-19-10-11-5-3-2-4-6-11/h2-3,7-11H,4-6H2,1H3,(H,20,21). The molecule has 0 saturated carbocycles. The molecule has 1 amide bonds. The van der Waals surface area contributed by atoms with Gasteiger partial charge in [-0.1, -0.05) is 23.8 Å². The lowest BCUT2D eigenvalue weighted by molar-refractivity contribution is 0.0959. The van der Waals surface area contributed by atoms with Crippen molar-refractivity contribution < 1.29 is 9.53 Å². The van der Waals surface area contributed by atoms with Crippen LogP contribution in [0, 0.1) is 5.92 Å². The predicted molar refractivity (Wildman–Crippen MR) is 95.8 cm³/mol. The van der Waals surface area contributed by atoms with Crippen LogP contribution < -0.4 is 10.2 Å². The maximum absolute atomic E-state index is 12.3. The lowest BCUT2D eigenvalue weighted by atomic mass is 9.96. The highest BCUT2D eigenvalue weighted by Crippen LogP contribution is 2.37. The van der Waals surface area contributed by atoms with E-state index < -0.39 is 0 Å². The Morgan fingerprint density at radius 2 is 2.35 bits per heavy atom. The van der Waals surface area contributed by atoms with Gasteiger partial charge in [0.2, 0.25) is 0 Å². The molecule has 1 unspecified atom stereocenters. The van der Waals surface area contributed by atoms with Crippen LogP contribution in [0.3, 0.4) is 0 Å². The molecule has 2 aromatic rings. The molecule has 1 N–H and O–H groups in total. The summed E-state index contributed by atoms with van der Waals surface area (Å²) < 4.78 is 6.12. The van der Waals surface area contributed by atoms with Crippen LogP contribution in [0.2, 0.25) is 5.02 Å². The Hall–Kier alpha value is -1.85. The van der Waals surface area contributed by atoms with Crippen LogP contribution in [0.5, 0.6) is 5.75 Å². The molecule has 0 saturated heterocycles. The third kappa shape index (κ3) is 3.57. The molecule has 1 aliphatic rings. The Morgan fingerprint density at radius 3 is 3.09 bits per heavy atom. The van der Waals surface area contributed by atoms with Gasteiger partial charge in [0.1, 0.15) is 10.6 Å². The van der Waals surface area contributed by atoms with E-state index in [1.165, 1.54) is 11.3 Å². The van der Waals surface area contributed by atoms with Crippen molar-refractivity contribution in [2.24, 2.45) is 11.0 Å². The van der Waals surface area contributed by atoms with Crippen molar-refractivity contribution in [1.29, 1.82) is 0 Å². The van der Waals surface area contributed by atoms with Crippen LogP contribution in [-0.4, -0.2) is 19.2 Å². The molecule has 0 fully saturated rings. The molecule has 1 atom stereocenters. The van der Waals surface area contributed by atoms with E-state index in [1.807, 2.05) is 24.4 Å². The number of thiophene rings is 1. The summed E-state index contributed by atoms with van der Waals surface area (Å²) in [7, 11) is 1.61. The van der Waals surface area contributed by atoms with Gasteiger partial charge in [0, 0.05) is 16.3 Å². The van der Waals surface area contributed by atoms with E-state index in [2.05, 4.69) is 22.7 Å². The number of ether oxygens (including phenoxy) is 1. The highest BCUT2D eigenvalue weighted by molar-refractivity contribution is 7.21. The van der Waals surface area contributed by atoms with Crippen molar-refractivity contribution in [3.05, 3.63) is 40.3 Å². The minimum absolute atomic E-state index is 0.280. The van der Waals surface area contributed by atoms with Gasteiger partial charge in [-0.05, 0) is 43.4 Å². The summed E-state index contributed by atoms with van der Waals surface area (Å²) in [5.74, 6) is 0.853. The molecule has 4 nitrogen and oxygen atoms in total. The monoisotopic (exact) mass is 348 g/mol. The molecule has 3 rings (SSSR count). The second-order valence-corrected chi connectivity index (χ2v) is 6.80. The van der Waals surface area contributed by atoms with Crippen LogP contribution in [0.1, 0.15) is 28.9 Å². The zero-order chi connectivity index (χ0) is 16.2. The summed E-state index contributed by atoms with van der Waals surface area (Å²) in [5, 5.41) is 5.39. The maximum atomic E-state index is 12.3. The van der Waals surface area contributed by atoms with Crippen molar-refractivity contribution in [3.8, 4) is 5.75 Å². The van der Waals surface area contributed by atoms with Crippen LogP contribution in [0.4, 0.5) is 0 Å². The smallest absolute Gasteiger partial charge is 0.282 e. The van der Waals surface area contributed by atoms with Crippen molar-refractivity contribution in [2.45, 2.75) is 19.3 Å². The SMILES string of the molecule is COc1ccc2c(Cl)c(C(=O)NN=CC3CC=CCC3)sc2c1. The number of amides is 1. The minimum Gasteiger partial charge on any atom is -0.497 e. The van der Waals surface area contributed by atoms with Gasteiger partial charge in [-0.2, -0.15) is 5.10 Å². The third-order valence-corrected chi connectivity index (χ3v) is 5.46. The number of rotatable bonds is 4. The topological polar surface area (TPSA) is 50.7 Å². The molecule has 23 heavy (non-hydrogen) atoms. The molecule has 6 heteroatoms. The number of hydrazone groups is 1. The molecule has 0 aliphatic heterocycles. The fraction of sp³-hybridized carbons (Fsp3) is 0.294. The molecule has 1 aromatic carbocycles. The second-order valence-electron chi connectivity index (χ2n) is 5.37. The van der Waals surface area contributed by atoms with E-state index in [9.17, 15) is 4.79 Å². The fourth-order valence-electron chi connectivity index (χ4n) is 2.52. The zero-order valence-corrected chi connectivity index (χ0v) is 14.3. The number of allylic oxidation sites excluding steroid dienone is 2. The Labute approximate surface area is 143 Å². The molecule has 0 radical (unpaired) electrons. The van der Waals surface area contributed by atoms with Gasteiger partial charge >= 0.3 is 0 Å². The highest BCUT2D eigenvalue weighted by atomic mass is 35.5. The van der Waals surface area contributed by atoms with Crippen LogP contribution in [-0.2, 0) is 0 Å². The fourth-order valence-corrected chi connectivity index (χ4v) is 3.96. The van der Waals surface area contributed by atoms with Crippen LogP contribution in [0.25, 0.3) is 10.1 Å². The lowest BCUT2D eigenvalue weighted by Gasteiger charge is -2.11. The van der Waals surface area contributed by atoms with E-state index in [4.69, 9.17) is 16.3 Å². The van der Waals surface area contributed by atoms with E-state index in [1.54, 1.807) is 7.11 Å². The van der Waals surface area contributed by atoms with Gasteiger partial charge in [0.05, 0.1) is 12.1 Å². The lowest BCUT2D eigenvalue weighted by Crippen LogP contribution is -2.18. The number of fused-ring (bicyclic) bond motifs is 1. The summed E-state index contributed by atoms with van der Waals surface area (Å²) in [6, 6.07) is 5.57. The van der Waals surface area contributed by atoms with Gasteiger partial charge in [0.25, 0.3) is 5.91 Å². The van der Waals surface area contributed by atoms with E-state index in [0.717, 1.165) is 35.1 Å². The average molecular weight is 349 g/mol. The highest BCUT2D eigenvalue weighted by Gasteiger charge is 2.17. The van der Waals surface area contributed by atoms with E-state index in [0.29, 0.717) is 15.8 Å². The quantitative estimate of drug-likeness (QED) is 0.497. The Kier molecular flexibility index (Phi) is 4.98. The minimum atomic E-state index is -0.280. The molecule has 120 valence electrons. The summed E-state index contributed by atoms with van der Waals surface area (Å²) in [5.41, 5.74) is 2.58. The number of halogens is 1. The van der Waals surface area contributed by atoms with Crippen molar-refractivity contribution in [3.63, 3.8) is 0 Å². The molecule has 1 aromatic heterocycles. The number of benzene rings is 1. The van der Waals surface area contributed by atoms with Crippen LogP contribution in [0.15, 0.2) is 35.5 Å². The average Bonchev–Trinajstić information content (AvgIpc) is 2.92. The van der Waals surface area contributed by atoms with Gasteiger partial charge in [-0.25, -0.2) is 5.43 Å². The number of nitrogens with zero attached hydrogens (tertiary/aromatic N) is 1. The van der Waals surface area contributed by atoms with Gasteiger partial charge in [-0.3, -0.25) is 4.79 Å². The van der Waals surface area contributed by atoms with E-state index in [-0.39, 0.29) is 5.91 Å². The Bertz CT molecular complexity index is 782. The molecule has 0 spiro atoms. The maximum Gasteiger partial charge on any atom is 0.282 e. The first-order valence-corrected chi connectivity index (χ1v) is 8.63. The number of hydrogen-bond donors (Lipinski definition) is 1. The first-order chi connectivity index (χ1) is 11.2. The first-order valence-electron chi connectivity index (χ1n) is 7.43. The third-order valence-electron chi connectivity index (χ3n) is 3.80. The van der Waals surface area contributed by atoms with Crippen molar-refractivity contribution >= 4 is 45.1 Å². The number of carbonyl (C=O) groups excluding carboxylic acids is 1. The van der Waals surface area contributed by atoms with Crippen LogP contribution >= 0.6 is 22.9 Å². The summed E-state index contributed by atoms with van der Waals surface area (Å²) >= 11 is 7.66. The largest absolute Gasteiger partial charge is 0.497 e. The predicted octanol–water partition coefficient (Wildman–Crippen LogP) is 4.64. The second kappa shape index (κ2) is 7.15. The van der Waals surface area contributed by atoms with Gasteiger partial charge in [0.15, 0.2) is 0 Å². The molecule has 1 aliphatic carbocycles. The normalized spacial score (nSPS) is 17.7. The number of carbonyl (C=O) groups is 1.